The van der Waals surface area contributed by atoms with E-state index < -0.39 is 11.6 Å². The number of hydrogen-bond donors (Lipinski definition) is 1. The molecule has 0 radical (unpaired) electrons. The summed E-state index contributed by atoms with van der Waals surface area (Å²) in [7, 11) is 0. The third-order valence-electron chi connectivity index (χ3n) is 2.32. The Hall–Kier alpha value is -2.09. The maximum atomic E-state index is 11.1. The zero-order chi connectivity index (χ0) is 13.1. The molecule has 0 aliphatic rings. The predicted octanol–water partition coefficient (Wildman–Crippen LogP) is 2.23. The number of pyridine rings is 1. The number of carboxylic acid groups (broad SMARTS) is 1. The summed E-state index contributed by atoms with van der Waals surface area (Å²) in [5, 5.41) is 17.7. The predicted molar refractivity (Wildman–Crippen MR) is 62.3 cm³/mol. The van der Waals surface area contributed by atoms with Crippen molar-refractivity contribution in [1.29, 1.82) is 5.26 Å². The van der Waals surface area contributed by atoms with Gasteiger partial charge in [0, 0.05) is 11.7 Å². The first kappa shape index (κ1) is 13.0. The molecule has 0 fully saturated rings. The normalized spacial score (nSPS) is 10.7. The Morgan fingerprint density at radius 1 is 1.53 bits per heavy atom. The molecule has 1 heterocycles. The molecule has 17 heavy (non-hydrogen) atoms. The lowest BCUT2D eigenvalue weighted by Gasteiger charge is -2.33. The van der Waals surface area contributed by atoms with Gasteiger partial charge in [0.15, 0.2) is 0 Å². The van der Waals surface area contributed by atoms with Crippen LogP contribution < -0.4 is 0 Å². The highest BCUT2D eigenvalue weighted by Gasteiger charge is 2.25. The van der Waals surface area contributed by atoms with E-state index in [1.54, 1.807) is 12.1 Å². The summed E-state index contributed by atoms with van der Waals surface area (Å²) in [5.41, 5.74) is 0.618. The van der Waals surface area contributed by atoms with Crippen molar-refractivity contribution in [3.8, 4) is 6.07 Å². The number of aromatic nitrogens is 1. The number of nitriles is 1. The fourth-order valence-electron chi connectivity index (χ4n) is 1.36. The molecule has 0 atom stereocenters. The molecule has 0 aliphatic carbocycles. The third-order valence-corrected chi connectivity index (χ3v) is 2.32. The van der Waals surface area contributed by atoms with E-state index in [4.69, 9.17) is 10.4 Å². The lowest BCUT2D eigenvalue weighted by molar-refractivity contribution is 0.0955. The Bertz CT molecular complexity index is 440. The van der Waals surface area contributed by atoms with Gasteiger partial charge in [-0.05, 0) is 32.4 Å². The van der Waals surface area contributed by atoms with Crippen molar-refractivity contribution < 1.29 is 9.90 Å². The van der Waals surface area contributed by atoms with Crippen LogP contribution in [0.15, 0.2) is 18.3 Å². The van der Waals surface area contributed by atoms with Crippen LogP contribution in [0.1, 0.15) is 32.0 Å². The highest BCUT2D eigenvalue weighted by atomic mass is 16.4. The Labute approximate surface area is 100 Å². The Kier molecular flexibility index (Phi) is 3.69. The lowest BCUT2D eigenvalue weighted by atomic mass is 10.1. The molecule has 1 rings (SSSR count). The number of hydrogen-bond acceptors (Lipinski definition) is 3. The second kappa shape index (κ2) is 4.83. The van der Waals surface area contributed by atoms with E-state index in [0.717, 1.165) is 5.56 Å². The molecule has 5 nitrogen and oxygen atoms in total. The molecular weight excluding hydrogens is 218 g/mol. The first-order valence-electron chi connectivity index (χ1n) is 5.20. The number of nitrogens with zero attached hydrogens (tertiary/aromatic N) is 3. The van der Waals surface area contributed by atoms with Crippen LogP contribution in [0.2, 0.25) is 0 Å². The summed E-state index contributed by atoms with van der Waals surface area (Å²) < 4.78 is 0. The molecule has 1 aromatic heterocycles. The van der Waals surface area contributed by atoms with Gasteiger partial charge in [0.05, 0.1) is 6.54 Å². The number of carbonyl (C=O) groups is 1. The van der Waals surface area contributed by atoms with E-state index in [2.05, 4.69) is 4.98 Å². The van der Waals surface area contributed by atoms with E-state index in [1.807, 2.05) is 26.8 Å². The van der Waals surface area contributed by atoms with Crippen LogP contribution in [0.25, 0.3) is 0 Å². The highest BCUT2D eigenvalue weighted by Crippen LogP contribution is 2.17. The molecular formula is C12H15N3O2. The monoisotopic (exact) mass is 233 g/mol. The van der Waals surface area contributed by atoms with Crippen molar-refractivity contribution in [2.75, 3.05) is 0 Å². The summed E-state index contributed by atoms with van der Waals surface area (Å²) in [6, 6.07) is 5.22. The average molecular weight is 233 g/mol. The van der Waals surface area contributed by atoms with E-state index >= 15 is 0 Å². The van der Waals surface area contributed by atoms with E-state index in [0.29, 0.717) is 5.69 Å². The molecule has 0 saturated heterocycles. The second-order valence-corrected chi connectivity index (χ2v) is 4.70. The standard InChI is InChI=1S/C12H15N3O2/c1-12(2,3)15(11(16)17)8-9-4-5-10(6-13)14-7-9/h4-5,7H,8H2,1-3H3,(H,16,17). The smallest absolute Gasteiger partial charge is 0.408 e. The second-order valence-electron chi connectivity index (χ2n) is 4.70. The number of amides is 1. The molecule has 0 spiro atoms. The molecule has 90 valence electrons. The SMILES string of the molecule is CC(C)(C)N(Cc1ccc(C#N)nc1)C(=O)O. The minimum atomic E-state index is -0.971. The van der Waals surface area contributed by atoms with Crippen molar-refractivity contribution in [2.24, 2.45) is 0 Å². The maximum absolute atomic E-state index is 11.1. The minimum Gasteiger partial charge on any atom is -0.465 e. The summed E-state index contributed by atoms with van der Waals surface area (Å²) in [4.78, 5) is 16.4. The van der Waals surface area contributed by atoms with Crippen LogP contribution >= 0.6 is 0 Å². The van der Waals surface area contributed by atoms with Gasteiger partial charge in [0.2, 0.25) is 0 Å². The van der Waals surface area contributed by atoms with Crippen molar-refractivity contribution in [3.63, 3.8) is 0 Å². The van der Waals surface area contributed by atoms with Gasteiger partial charge in [0.25, 0.3) is 0 Å². The molecule has 0 saturated carbocycles. The zero-order valence-corrected chi connectivity index (χ0v) is 10.1. The lowest BCUT2D eigenvalue weighted by Crippen LogP contribution is -2.44. The topological polar surface area (TPSA) is 77.2 Å². The molecule has 0 bridgehead atoms. The molecule has 0 aromatic carbocycles. The van der Waals surface area contributed by atoms with Crippen LogP contribution in [-0.2, 0) is 6.54 Å². The first-order valence-corrected chi connectivity index (χ1v) is 5.20. The van der Waals surface area contributed by atoms with Gasteiger partial charge >= 0.3 is 6.09 Å². The third kappa shape index (κ3) is 3.45. The fraction of sp³-hybridized carbons (Fsp3) is 0.417. The van der Waals surface area contributed by atoms with Crippen LogP contribution in [0.5, 0.6) is 0 Å². The van der Waals surface area contributed by atoms with Crippen LogP contribution in [0.4, 0.5) is 4.79 Å². The molecule has 0 unspecified atom stereocenters. The summed E-state index contributed by atoms with van der Waals surface area (Å²) in [6.45, 7) is 5.76. The minimum absolute atomic E-state index is 0.261. The Morgan fingerprint density at radius 2 is 2.18 bits per heavy atom. The van der Waals surface area contributed by atoms with Gasteiger partial charge in [-0.2, -0.15) is 5.26 Å². The van der Waals surface area contributed by atoms with Crippen molar-refractivity contribution in [1.82, 2.24) is 9.88 Å². The van der Waals surface area contributed by atoms with Gasteiger partial charge in [-0.3, -0.25) is 4.90 Å². The van der Waals surface area contributed by atoms with Gasteiger partial charge in [-0.25, -0.2) is 9.78 Å². The largest absolute Gasteiger partial charge is 0.465 e. The van der Waals surface area contributed by atoms with Gasteiger partial charge in [-0.15, -0.1) is 0 Å². The van der Waals surface area contributed by atoms with Crippen LogP contribution in [-0.4, -0.2) is 26.6 Å². The van der Waals surface area contributed by atoms with Crippen LogP contribution in [0.3, 0.4) is 0 Å². The zero-order valence-electron chi connectivity index (χ0n) is 10.1. The van der Waals surface area contributed by atoms with E-state index in [-0.39, 0.29) is 6.54 Å². The van der Waals surface area contributed by atoms with Crippen molar-refractivity contribution in [3.05, 3.63) is 29.6 Å². The van der Waals surface area contributed by atoms with Gasteiger partial charge in [-0.1, -0.05) is 6.07 Å². The Balaban J connectivity index is 2.88. The molecule has 1 N–H and O–H groups in total. The molecule has 0 aliphatic heterocycles. The highest BCUT2D eigenvalue weighted by molar-refractivity contribution is 5.66. The van der Waals surface area contributed by atoms with E-state index in [1.165, 1.54) is 11.1 Å². The molecule has 1 amide bonds. The average Bonchev–Trinajstić information content (AvgIpc) is 2.24. The van der Waals surface area contributed by atoms with Gasteiger partial charge < -0.3 is 5.11 Å². The van der Waals surface area contributed by atoms with Gasteiger partial charge in [0.1, 0.15) is 11.8 Å². The number of rotatable bonds is 2. The summed E-state index contributed by atoms with van der Waals surface area (Å²) >= 11 is 0. The molecule has 1 aromatic rings. The first-order chi connectivity index (χ1) is 7.84. The quantitative estimate of drug-likeness (QED) is 0.849. The fourth-order valence-corrected chi connectivity index (χ4v) is 1.36. The van der Waals surface area contributed by atoms with Crippen molar-refractivity contribution in [2.45, 2.75) is 32.9 Å². The Morgan fingerprint density at radius 3 is 2.53 bits per heavy atom. The van der Waals surface area contributed by atoms with Crippen molar-refractivity contribution >= 4 is 6.09 Å². The van der Waals surface area contributed by atoms with Crippen LogP contribution in [0, 0.1) is 11.3 Å². The molecule has 5 heteroatoms. The van der Waals surface area contributed by atoms with E-state index in [9.17, 15) is 4.79 Å². The summed E-state index contributed by atoms with van der Waals surface area (Å²) in [6.07, 6.45) is 0.558. The maximum Gasteiger partial charge on any atom is 0.408 e. The summed E-state index contributed by atoms with van der Waals surface area (Å²) in [5.74, 6) is 0.